The molecule has 3 saturated carbocycles. The summed E-state index contributed by atoms with van der Waals surface area (Å²) in [5.74, 6) is 2.77. The van der Waals surface area contributed by atoms with Crippen molar-refractivity contribution in [3.8, 4) is 0 Å². The second kappa shape index (κ2) is 6.38. The zero-order valence-electron chi connectivity index (χ0n) is 16.3. The minimum absolute atomic E-state index is 0.0125. The van der Waals surface area contributed by atoms with Gasteiger partial charge in [-0.2, -0.15) is 0 Å². The molecule has 0 aromatic heterocycles. The van der Waals surface area contributed by atoms with Crippen molar-refractivity contribution in [3.05, 3.63) is 12.2 Å². The maximum absolute atomic E-state index is 11.9. The van der Waals surface area contributed by atoms with E-state index in [2.05, 4.69) is 19.9 Å². The molecule has 0 spiro atoms. The zero-order valence-corrected chi connectivity index (χ0v) is 16.3. The first-order valence-corrected chi connectivity index (χ1v) is 10.4. The third-order valence-corrected chi connectivity index (χ3v) is 8.45. The first-order valence-electron chi connectivity index (χ1n) is 10.4. The SMILES string of the molecule is CCOC(=O)OC1CCC2C3CCC4CC(=O)C=C[C@]4(C)C3CC[C@]12C. The molecule has 0 heterocycles. The van der Waals surface area contributed by atoms with Crippen LogP contribution in [0.3, 0.4) is 0 Å². The van der Waals surface area contributed by atoms with Crippen LogP contribution in [0.2, 0.25) is 0 Å². The van der Waals surface area contributed by atoms with Gasteiger partial charge in [0.05, 0.1) is 6.61 Å². The summed E-state index contributed by atoms with van der Waals surface area (Å²) in [6, 6.07) is 0. The second-order valence-electron chi connectivity index (χ2n) is 9.43. The molecule has 26 heavy (non-hydrogen) atoms. The molecule has 0 aliphatic heterocycles. The number of ketones is 1. The van der Waals surface area contributed by atoms with Crippen LogP contribution in [-0.2, 0) is 14.3 Å². The summed E-state index contributed by atoms with van der Waals surface area (Å²) in [5.41, 5.74) is 0.240. The fraction of sp³-hybridized carbons (Fsp3) is 0.818. The van der Waals surface area contributed by atoms with Crippen LogP contribution in [0.1, 0.15) is 65.7 Å². The van der Waals surface area contributed by atoms with Gasteiger partial charge in [0.1, 0.15) is 6.10 Å². The predicted octanol–water partition coefficient (Wildman–Crippen LogP) is 4.92. The van der Waals surface area contributed by atoms with E-state index in [1.165, 1.54) is 12.8 Å². The van der Waals surface area contributed by atoms with Gasteiger partial charge in [-0.15, -0.1) is 0 Å². The van der Waals surface area contributed by atoms with Gasteiger partial charge in [-0.05, 0) is 80.6 Å². The molecule has 0 aromatic rings. The molecule has 0 aromatic carbocycles. The van der Waals surface area contributed by atoms with Crippen LogP contribution >= 0.6 is 0 Å². The monoisotopic (exact) mass is 360 g/mol. The van der Waals surface area contributed by atoms with E-state index in [-0.39, 0.29) is 16.9 Å². The molecule has 0 N–H and O–H groups in total. The average Bonchev–Trinajstić information content (AvgIpc) is 2.92. The molecule has 0 amide bonds. The number of allylic oxidation sites excluding steroid dienone is 2. The summed E-state index contributed by atoms with van der Waals surface area (Å²) in [6.07, 6.45) is 11.0. The van der Waals surface area contributed by atoms with Crippen LogP contribution < -0.4 is 0 Å². The molecular weight excluding hydrogens is 328 g/mol. The van der Waals surface area contributed by atoms with Crippen LogP contribution in [0, 0.1) is 34.5 Å². The Kier molecular flexibility index (Phi) is 4.44. The smallest absolute Gasteiger partial charge is 0.435 e. The van der Waals surface area contributed by atoms with Crippen LogP contribution in [-0.4, -0.2) is 24.6 Å². The molecule has 144 valence electrons. The van der Waals surface area contributed by atoms with E-state index in [1.54, 1.807) is 0 Å². The highest BCUT2D eigenvalue weighted by Gasteiger charge is 2.60. The van der Waals surface area contributed by atoms with Gasteiger partial charge in [-0.25, -0.2) is 4.79 Å². The predicted molar refractivity (Wildman–Crippen MR) is 98.5 cm³/mol. The summed E-state index contributed by atoms with van der Waals surface area (Å²) in [4.78, 5) is 23.8. The first-order chi connectivity index (χ1) is 12.4. The Balaban J connectivity index is 1.55. The van der Waals surface area contributed by atoms with Gasteiger partial charge >= 0.3 is 6.16 Å². The molecule has 5 unspecified atom stereocenters. The van der Waals surface area contributed by atoms with Gasteiger partial charge in [-0.3, -0.25) is 4.79 Å². The van der Waals surface area contributed by atoms with E-state index in [0.29, 0.717) is 36.1 Å². The van der Waals surface area contributed by atoms with Crippen LogP contribution in [0.15, 0.2) is 12.2 Å². The van der Waals surface area contributed by atoms with Gasteiger partial charge in [0.2, 0.25) is 0 Å². The van der Waals surface area contributed by atoms with Crippen molar-refractivity contribution in [1.29, 1.82) is 0 Å². The molecule has 4 aliphatic rings. The maximum Gasteiger partial charge on any atom is 0.508 e. The Morgan fingerprint density at radius 2 is 1.96 bits per heavy atom. The maximum atomic E-state index is 11.9. The fourth-order valence-electron chi connectivity index (χ4n) is 7.05. The molecule has 4 aliphatic carbocycles. The number of ether oxygens (including phenoxy) is 2. The van der Waals surface area contributed by atoms with Gasteiger partial charge < -0.3 is 9.47 Å². The standard InChI is InChI=1S/C22H32O4/c1-4-25-20(24)26-19-8-7-17-16-6-5-14-13-15(23)9-11-21(14,2)18(16)10-12-22(17,19)3/h9,11,14,16-19H,4-8,10,12-13H2,1-3H3/t14?,16?,17?,18?,19?,21-,22-/m0/s1. The number of rotatable bonds is 2. The first kappa shape index (κ1) is 18.1. The van der Waals surface area contributed by atoms with E-state index in [9.17, 15) is 9.59 Å². The van der Waals surface area contributed by atoms with Gasteiger partial charge in [0, 0.05) is 11.8 Å². The summed E-state index contributed by atoms with van der Waals surface area (Å²) in [5, 5.41) is 0. The summed E-state index contributed by atoms with van der Waals surface area (Å²) < 4.78 is 10.8. The largest absolute Gasteiger partial charge is 0.508 e. The van der Waals surface area contributed by atoms with Crippen molar-refractivity contribution >= 4 is 11.9 Å². The van der Waals surface area contributed by atoms with Gasteiger partial charge in [-0.1, -0.05) is 19.9 Å². The minimum Gasteiger partial charge on any atom is -0.435 e. The van der Waals surface area contributed by atoms with E-state index in [1.807, 2.05) is 13.0 Å². The zero-order chi connectivity index (χ0) is 18.5. The number of fused-ring (bicyclic) bond motifs is 5. The lowest BCUT2D eigenvalue weighted by atomic mass is 9.46. The highest BCUT2D eigenvalue weighted by atomic mass is 16.7. The summed E-state index contributed by atoms with van der Waals surface area (Å²) >= 11 is 0. The van der Waals surface area contributed by atoms with Crippen molar-refractivity contribution in [2.24, 2.45) is 34.5 Å². The highest BCUT2D eigenvalue weighted by Crippen LogP contribution is 2.65. The molecule has 4 heteroatoms. The third-order valence-electron chi connectivity index (χ3n) is 8.45. The number of carbonyl (C=O) groups excluding carboxylic acids is 2. The lowest BCUT2D eigenvalue weighted by Gasteiger charge is -2.58. The van der Waals surface area contributed by atoms with Crippen molar-refractivity contribution in [3.63, 3.8) is 0 Å². The Hall–Kier alpha value is -1.32. The Labute approximate surface area is 156 Å². The van der Waals surface area contributed by atoms with Crippen molar-refractivity contribution in [1.82, 2.24) is 0 Å². The average molecular weight is 360 g/mol. The number of carbonyl (C=O) groups is 2. The third kappa shape index (κ3) is 2.63. The van der Waals surface area contributed by atoms with Crippen LogP contribution in [0.4, 0.5) is 4.79 Å². The lowest BCUT2D eigenvalue weighted by molar-refractivity contribution is -0.124. The highest BCUT2D eigenvalue weighted by molar-refractivity contribution is 5.91. The lowest BCUT2D eigenvalue weighted by Crippen LogP contribution is -2.53. The molecule has 0 saturated heterocycles. The van der Waals surface area contributed by atoms with Crippen LogP contribution in [0.25, 0.3) is 0 Å². The van der Waals surface area contributed by atoms with Gasteiger partial charge in [0.25, 0.3) is 0 Å². The number of hydrogen-bond donors (Lipinski definition) is 0. The molecule has 0 bridgehead atoms. The Morgan fingerprint density at radius 1 is 1.15 bits per heavy atom. The van der Waals surface area contributed by atoms with Crippen molar-refractivity contribution in [2.45, 2.75) is 71.8 Å². The molecule has 3 fully saturated rings. The van der Waals surface area contributed by atoms with Crippen molar-refractivity contribution in [2.75, 3.05) is 6.61 Å². The van der Waals surface area contributed by atoms with E-state index in [4.69, 9.17) is 9.47 Å². The van der Waals surface area contributed by atoms with Gasteiger partial charge in [0.15, 0.2) is 5.78 Å². The normalized spacial score (nSPS) is 46.9. The van der Waals surface area contributed by atoms with Crippen molar-refractivity contribution < 1.29 is 19.1 Å². The van der Waals surface area contributed by atoms with E-state index in [0.717, 1.165) is 32.1 Å². The van der Waals surface area contributed by atoms with E-state index >= 15 is 0 Å². The molecule has 7 atom stereocenters. The molecular formula is C22H32O4. The van der Waals surface area contributed by atoms with Crippen LogP contribution in [0.5, 0.6) is 0 Å². The fourth-order valence-corrected chi connectivity index (χ4v) is 7.05. The quantitative estimate of drug-likeness (QED) is 0.656. The molecule has 0 radical (unpaired) electrons. The van der Waals surface area contributed by atoms with E-state index < -0.39 is 6.16 Å². The molecule has 4 nitrogen and oxygen atoms in total. The second-order valence-corrected chi connectivity index (χ2v) is 9.43. The topological polar surface area (TPSA) is 52.6 Å². The number of hydrogen-bond acceptors (Lipinski definition) is 4. The Morgan fingerprint density at radius 3 is 2.73 bits per heavy atom. The molecule has 4 rings (SSSR count). The Bertz CT molecular complexity index is 626. The minimum atomic E-state index is -0.508. The summed E-state index contributed by atoms with van der Waals surface area (Å²) in [6.45, 7) is 6.90. The summed E-state index contributed by atoms with van der Waals surface area (Å²) in [7, 11) is 0.